The molecule has 0 aromatic rings. The summed E-state index contributed by atoms with van der Waals surface area (Å²) in [6.07, 6.45) is 12.7. The van der Waals surface area contributed by atoms with Crippen molar-refractivity contribution in [1.82, 2.24) is 5.32 Å². The van der Waals surface area contributed by atoms with Crippen molar-refractivity contribution >= 4 is 5.78 Å². The van der Waals surface area contributed by atoms with Gasteiger partial charge in [0.05, 0.1) is 6.07 Å². The highest BCUT2D eigenvalue weighted by atomic mass is 16.1. The van der Waals surface area contributed by atoms with Crippen molar-refractivity contribution in [2.45, 2.75) is 111 Å². The Kier molecular flexibility index (Phi) is 8.32. The molecule has 0 bridgehead atoms. The van der Waals surface area contributed by atoms with E-state index >= 15 is 0 Å². The Balaban J connectivity index is 0.00000408. The predicted octanol–water partition coefficient (Wildman–Crippen LogP) is 7.49. The molecule has 0 saturated heterocycles. The van der Waals surface area contributed by atoms with Crippen LogP contribution in [-0.4, -0.2) is 17.9 Å². The van der Waals surface area contributed by atoms with Crippen molar-refractivity contribution in [1.29, 1.82) is 5.26 Å². The summed E-state index contributed by atoms with van der Waals surface area (Å²) >= 11 is 0. The minimum absolute atomic E-state index is 0. The quantitative estimate of drug-likeness (QED) is 0.290. The molecule has 1 N–H and O–H groups in total. The van der Waals surface area contributed by atoms with E-state index < -0.39 is 0 Å². The van der Waals surface area contributed by atoms with Crippen molar-refractivity contribution in [3.05, 3.63) is 24.8 Å². The van der Waals surface area contributed by atoms with Gasteiger partial charge in [-0.3, -0.25) is 4.79 Å². The number of nitrogens with zero attached hydrogens (tertiary/aromatic N) is 1. The van der Waals surface area contributed by atoms with Gasteiger partial charge in [-0.2, -0.15) is 5.26 Å². The lowest BCUT2D eigenvalue weighted by Crippen LogP contribution is -2.55. The summed E-state index contributed by atoms with van der Waals surface area (Å²) in [5.41, 5.74) is 0.703. The summed E-state index contributed by atoms with van der Waals surface area (Å²) in [4.78, 5) is 13.9. The van der Waals surface area contributed by atoms with Crippen molar-refractivity contribution in [2.24, 2.45) is 40.4 Å². The molecule has 3 rings (SSSR count). The molecule has 186 valence electrons. The third kappa shape index (κ3) is 5.02. The molecule has 3 fully saturated rings. The zero-order valence-corrected chi connectivity index (χ0v) is 22.0. The summed E-state index contributed by atoms with van der Waals surface area (Å²) in [7, 11) is 0. The normalized spacial score (nSPS) is 40.9. The molecular weight excluding hydrogens is 404 g/mol. The fourth-order valence-corrected chi connectivity index (χ4v) is 8.41. The van der Waals surface area contributed by atoms with Gasteiger partial charge in [-0.05, 0) is 92.8 Å². The SMILES string of the molecule is C=CCC1CC(NC(C)C)CCC1(C)C1CC(=O)C2(C)C(CCCC(=C)C#N)CCC2C1C.[HH]. The van der Waals surface area contributed by atoms with Gasteiger partial charge in [0, 0.05) is 30.9 Å². The van der Waals surface area contributed by atoms with Crippen LogP contribution >= 0.6 is 0 Å². The minimum Gasteiger partial charge on any atom is -0.312 e. The molecule has 0 amide bonds. The molecule has 3 aliphatic rings. The van der Waals surface area contributed by atoms with Crippen LogP contribution in [0.15, 0.2) is 24.8 Å². The Hall–Kier alpha value is -1.40. The molecule has 3 nitrogen and oxygen atoms in total. The number of fused-ring (bicyclic) bond motifs is 1. The maximum Gasteiger partial charge on any atom is 0.139 e. The van der Waals surface area contributed by atoms with Crippen LogP contribution in [0.4, 0.5) is 0 Å². The van der Waals surface area contributed by atoms with Crippen LogP contribution in [0.1, 0.15) is 100 Å². The number of carbonyl (C=O) groups excluding carboxylic acids is 1. The average Bonchev–Trinajstić information content (AvgIpc) is 3.11. The second kappa shape index (κ2) is 10.5. The van der Waals surface area contributed by atoms with E-state index in [1.807, 2.05) is 0 Å². The molecule has 0 aliphatic heterocycles. The molecule has 0 aromatic heterocycles. The number of rotatable bonds is 9. The largest absolute Gasteiger partial charge is 0.312 e. The summed E-state index contributed by atoms with van der Waals surface area (Å²) < 4.78 is 0. The van der Waals surface area contributed by atoms with Crippen LogP contribution < -0.4 is 5.32 Å². The van der Waals surface area contributed by atoms with Gasteiger partial charge < -0.3 is 5.32 Å². The zero-order chi connectivity index (χ0) is 24.4. The second-order valence-electron chi connectivity index (χ2n) is 12.4. The number of carbonyl (C=O) groups is 1. The predicted molar refractivity (Wildman–Crippen MR) is 140 cm³/mol. The van der Waals surface area contributed by atoms with Gasteiger partial charge >= 0.3 is 0 Å². The molecule has 0 aromatic carbocycles. The molecule has 3 heteroatoms. The van der Waals surface area contributed by atoms with Crippen LogP contribution in [0.5, 0.6) is 0 Å². The van der Waals surface area contributed by atoms with Crippen molar-refractivity contribution in [3.8, 4) is 6.07 Å². The van der Waals surface area contributed by atoms with Crippen molar-refractivity contribution < 1.29 is 6.22 Å². The third-order valence-corrected chi connectivity index (χ3v) is 10.3. The molecule has 33 heavy (non-hydrogen) atoms. The summed E-state index contributed by atoms with van der Waals surface area (Å²) in [5, 5.41) is 12.8. The van der Waals surface area contributed by atoms with Gasteiger partial charge in [0.15, 0.2) is 0 Å². The Morgan fingerprint density at radius 1 is 1.27 bits per heavy atom. The highest BCUT2D eigenvalue weighted by Crippen LogP contribution is 2.63. The van der Waals surface area contributed by atoms with Gasteiger partial charge in [-0.15, -0.1) is 6.58 Å². The first kappa shape index (κ1) is 26.2. The highest BCUT2D eigenvalue weighted by Gasteiger charge is 2.60. The topological polar surface area (TPSA) is 52.9 Å². The fourth-order valence-electron chi connectivity index (χ4n) is 8.41. The molecule has 3 aliphatic carbocycles. The van der Waals surface area contributed by atoms with Gasteiger partial charge in [0.25, 0.3) is 0 Å². The number of Topliss-reactive ketones (excluding diaryl/α,β-unsaturated/α-hetero) is 1. The monoisotopic (exact) mass is 454 g/mol. The maximum atomic E-state index is 13.9. The number of hydrogen-bond donors (Lipinski definition) is 1. The molecule has 3 saturated carbocycles. The lowest BCUT2D eigenvalue weighted by Gasteiger charge is -2.56. The number of ketones is 1. The maximum absolute atomic E-state index is 13.9. The molecule has 8 atom stereocenters. The number of hydrogen-bond acceptors (Lipinski definition) is 3. The average molecular weight is 455 g/mol. The van der Waals surface area contributed by atoms with E-state index in [1.165, 1.54) is 25.7 Å². The summed E-state index contributed by atoms with van der Waals surface area (Å²) in [5.74, 6) is 3.15. The Morgan fingerprint density at radius 3 is 2.64 bits per heavy atom. The van der Waals surface area contributed by atoms with E-state index in [1.54, 1.807) is 0 Å². The van der Waals surface area contributed by atoms with Crippen LogP contribution in [0, 0.1) is 51.8 Å². The van der Waals surface area contributed by atoms with E-state index in [4.69, 9.17) is 5.26 Å². The number of nitriles is 1. The van der Waals surface area contributed by atoms with Crippen molar-refractivity contribution in [2.75, 3.05) is 0 Å². The molecule has 8 unspecified atom stereocenters. The van der Waals surface area contributed by atoms with Crippen LogP contribution in [-0.2, 0) is 4.79 Å². The van der Waals surface area contributed by atoms with Gasteiger partial charge in [-0.1, -0.05) is 47.3 Å². The zero-order valence-electron chi connectivity index (χ0n) is 22.0. The van der Waals surface area contributed by atoms with Gasteiger partial charge in [0.1, 0.15) is 5.78 Å². The fraction of sp³-hybridized carbons (Fsp3) is 0.800. The number of nitrogens with one attached hydrogen (secondary N) is 1. The highest BCUT2D eigenvalue weighted by molar-refractivity contribution is 5.86. The van der Waals surface area contributed by atoms with Crippen LogP contribution in [0.25, 0.3) is 0 Å². The van der Waals surface area contributed by atoms with E-state index in [9.17, 15) is 4.79 Å². The molecule has 0 radical (unpaired) electrons. The van der Waals surface area contributed by atoms with Crippen LogP contribution in [0.3, 0.4) is 0 Å². The first-order valence-corrected chi connectivity index (χ1v) is 13.6. The van der Waals surface area contributed by atoms with E-state index in [2.05, 4.69) is 65.2 Å². The van der Waals surface area contributed by atoms with E-state index in [0.717, 1.165) is 38.5 Å². The van der Waals surface area contributed by atoms with Crippen LogP contribution in [0.2, 0.25) is 0 Å². The number of allylic oxidation sites excluding steroid dienone is 2. The lowest BCUT2D eigenvalue weighted by molar-refractivity contribution is -0.148. The van der Waals surface area contributed by atoms with Crippen molar-refractivity contribution in [3.63, 3.8) is 0 Å². The molecule has 0 heterocycles. The van der Waals surface area contributed by atoms with E-state index in [0.29, 0.717) is 53.0 Å². The van der Waals surface area contributed by atoms with Gasteiger partial charge in [-0.25, -0.2) is 0 Å². The third-order valence-electron chi connectivity index (χ3n) is 10.3. The molecule has 0 spiro atoms. The first-order valence-electron chi connectivity index (χ1n) is 13.6. The first-order chi connectivity index (χ1) is 15.6. The Labute approximate surface area is 205 Å². The second-order valence-corrected chi connectivity index (χ2v) is 12.4. The lowest BCUT2D eigenvalue weighted by atomic mass is 9.48. The standard InChI is InChI=1S/C30H48N2O.H2/c1-8-10-24-17-25(32-20(2)3)15-16-29(24,6)27-18-28(33)30(7)23(12-9-11-21(4)19-31)13-14-26(30)22(27)5;/h8,20,22-27,32H,1,4,9-18H2,2-3,5-7H3;1H. The smallest absolute Gasteiger partial charge is 0.139 e. The van der Waals surface area contributed by atoms with E-state index in [-0.39, 0.29) is 12.3 Å². The summed E-state index contributed by atoms with van der Waals surface area (Å²) in [6, 6.07) is 3.27. The molecular formula is C30H50N2O. The Morgan fingerprint density at radius 2 is 2.00 bits per heavy atom. The van der Waals surface area contributed by atoms with Gasteiger partial charge in [0.2, 0.25) is 0 Å². The minimum atomic E-state index is -0.176. The Bertz CT molecular complexity index is 785. The summed E-state index contributed by atoms with van der Waals surface area (Å²) in [6.45, 7) is 19.7.